The first-order valence-electron chi connectivity index (χ1n) is 7.08. The molecular formula is C17H15F3N2O2. The molecule has 2 aromatic carbocycles. The van der Waals surface area contributed by atoms with Crippen LogP contribution in [0.1, 0.15) is 28.4 Å². The van der Waals surface area contributed by atoms with Crippen LogP contribution in [0.5, 0.6) is 0 Å². The van der Waals surface area contributed by atoms with E-state index < -0.39 is 17.6 Å². The molecule has 24 heavy (non-hydrogen) atoms. The van der Waals surface area contributed by atoms with Gasteiger partial charge in [0.1, 0.15) is 0 Å². The summed E-state index contributed by atoms with van der Waals surface area (Å²) in [6, 6.07) is 11.0. The third kappa shape index (κ3) is 4.84. The summed E-state index contributed by atoms with van der Waals surface area (Å²) in [4.78, 5) is 23.1. The zero-order chi connectivity index (χ0) is 17.7. The van der Waals surface area contributed by atoms with Crippen LogP contribution in [-0.2, 0) is 17.5 Å². The topological polar surface area (TPSA) is 58.2 Å². The van der Waals surface area contributed by atoms with Gasteiger partial charge in [-0.1, -0.05) is 18.2 Å². The first kappa shape index (κ1) is 17.5. The molecule has 0 radical (unpaired) electrons. The van der Waals surface area contributed by atoms with Gasteiger partial charge in [-0.25, -0.2) is 0 Å². The number of nitrogens with one attached hydrogen (secondary N) is 2. The molecule has 0 spiro atoms. The van der Waals surface area contributed by atoms with E-state index in [1.165, 1.54) is 25.1 Å². The predicted molar refractivity (Wildman–Crippen MR) is 83.4 cm³/mol. The number of anilines is 1. The number of hydrogen-bond acceptors (Lipinski definition) is 2. The fourth-order valence-corrected chi connectivity index (χ4v) is 2.08. The van der Waals surface area contributed by atoms with Gasteiger partial charge in [-0.15, -0.1) is 0 Å². The minimum Gasteiger partial charge on any atom is -0.348 e. The summed E-state index contributed by atoms with van der Waals surface area (Å²) in [6.07, 6.45) is -4.42. The number of alkyl halides is 3. The molecule has 0 aliphatic carbocycles. The van der Waals surface area contributed by atoms with Crippen LogP contribution < -0.4 is 10.6 Å². The Morgan fingerprint density at radius 2 is 1.75 bits per heavy atom. The van der Waals surface area contributed by atoms with E-state index in [9.17, 15) is 22.8 Å². The Labute approximate surface area is 136 Å². The number of amides is 2. The van der Waals surface area contributed by atoms with Crippen LogP contribution in [0.15, 0.2) is 48.5 Å². The molecule has 0 aliphatic heterocycles. The number of rotatable bonds is 4. The van der Waals surface area contributed by atoms with Crippen molar-refractivity contribution in [1.82, 2.24) is 5.32 Å². The standard InChI is InChI=1S/C17H15F3N2O2/c1-11(23)22-15-7-3-5-13(9-15)16(24)21-10-12-4-2-6-14(8-12)17(18,19)20/h2-9H,10H2,1H3,(H,21,24)(H,22,23). The quantitative estimate of drug-likeness (QED) is 0.896. The minimum atomic E-state index is -4.42. The van der Waals surface area contributed by atoms with Gasteiger partial charge >= 0.3 is 6.18 Å². The minimum absolute atomic E-state index is 0.0346. The second-order valence-corrected chi connectivity index (χ2v) is 5.14. The summed E-state index contributed by atoms with van der Waals surface area (Å²) in [7, 11) is 0. The molecule has 0 unspecified atom stereocenters. The third-order valence-electron chi connectivity index (χ3n) is 3.15. The molecule has 4 nitrogen and oxygen atoms in total. The Hall–Kier alpha value is -2.83. The van der Waals surface area contributed by atoms with E-state index in [0.717, 1.165) is 12.1 Å². The van der Waals surface area contributed by atoms with Crippen LogP contribution >= 0.6 is 0 Å². The van der Waals surface area contributed by atoms with E-state index in [1.807, 2.05) is 0 Å². The van der Waals surface area contributed by atoms with E-state index in [-0.39, 0.29) is 12.5 Å². The molecule has 0 aliphatic rings. The summed E-state index contributed by atoms with van der Waals surface area (Å²) in [5.74, 6) is -0.712. The highest BCUT2D eigenvalue weighted by Crippen LogP contribution is 2.29. The number of carbonyl (C=O) groups is 2. The van der Waals surface area contributed by atoms with Gasteiger partial charge in [0.15, 0.2) is 0 Å². The molecule has 2 amide bonds. The lowest BCUT2D eigenvalue weighted by Crippen LogP contribution is -2.23. The molecule has 0 aromatic heterocycles. The molecule has 0 fully saturated rings. The molecule has 126 valence electrons. The van der Waals surface area contributed by atoms with Crippen molar-refractivity contribution in [3.8, 4) is 0 Å². The van der Waals surface area contributed by atoms with Crippen molar-refractivity contribution in [3.63, 3.8) is 0 Å². The molecule has 2 N–H and O–H groups in total. The maximum atomic E-state index is 12.7. The summed E-state index contributed by atoms with van der Waals surface area (Å²) in [6.45, 7) is 1.31. The van der Waals surface area contributed by atoms with Gasteiger partial charge in [0, 0.05) is 24.7 Å². The molecule has 0 atom stereocenters. The summed E-state index contributed by atoms with van der Waals surface area (Å²) in [5, 5.41) is 5.11. The van der Waals surface area contributed by atoms with Crippen LogP contribution in [-0.4, -0.2) is 11.8 Å². The van der Waals surface area contributed by atoms with Crippen LogP contribution in [0.4, 0.5) is 18.9 Å². The van der Waals surface area contributed by atoms with Gasteiger partial charge in [0.25, 0.3) is 5.91 Å². The van der Waals surface area contributed by atoms with Crippen molar-refractivity contribution in [2.24, 2.45) is 0 Å². The van der Waals surface area contributed by atoms with Crippen molar-refractivity contribution < 1.29 is 22.8 Å². The number of hydrogen-bond donors (Lipinski definition) is 2. The largest absolute Gasteiger partial charge is 0.416 e. The van der Waals surface area contributed by atoms with E-state index in [2.05, 4.69) is 10.6 Å². The smallest absolute Gasteiger partial charge is 0.348 e. The second-order valence-electron chi connectivity index (χ2n) is 5.14. The molecule has 0 heterocycles. The molecule has 0 saturated carbocycles. The average Bonchev–Trinajstić information content (AvgIpc) is 2.51. The van der Waals surface area contributed by atoms with Gasteiger partial charge < -0.3 is 10.6 Å². The second kappa shape index (κ2) is 7.16. The number of carbonyl (C=O) groups excluding carboxylic acids is 2. The van der Waals surface area contributed by atoms with Crippen molar-refractivity contribution in [1.29, 1.82) is 0 Å². The van der Waals surface area contributed by atoms with Gasteiger partial charge in [-0.3, -0.25) is 9.59 Å². The highest BCUT2D eigenvalue weighted by atomic mass is 19.4. The van der Waals surface area contributed by atoms with Crippen molar-refractivity contribution in [2.75, 3.05) is 5.32 Å². The Bertz CT molecular complexity index is 757. The maximum Gasteiger partial charge on any atom is 0.416 e. The zero-order valence-corrected chi connectivity index (χ0v) is 12.8. The SMILES string of the molecule is CC(=O)Nc1cccc(C(=O)NCc2cccc(C(F)(F)F)c2)c1. The molecule has 0 bridgehead atoms. The molecule has 2 aromatic rings. The van der Waals surface area contributed by atoms with Crippen molar-refractivity contribution >= 4 is 17.5 Å². The molecule has 7 heteroatoms. The van der Waals surface area contributed by atoms with Crippen LogP contribution in [0, 0.1) is 0 Å². The normalized spacial score (nSPS) is 11.0. The van der Waals surface area contributed by atoms with E-state index in [0.29, 0.717) is 16.8 Å². The van der Waals surface area contributed by atoms with E-state index >= 15 is 0 Å². The Balaban J connectivity index is 2.04. The summed E-state index contributed by atoms with van der Waals surface area (Å²) in [5.41, 5.74) is 0.348. The van der Waals surface area contributed by atoms with Crippen LogP contribution in [0.2, 0.25) is 0 Å². The molecule has 2 rings (SSSR count). The van der Waals surface area contributed by atoms with E-state index in [1.54, 1.807) is 18.2 Å². The lowest BCUT2D eigenvalue weighted by atomic mass is 10.1. The zero-order valence-electron chi connectivity index (χ0n) is 12.8. The lowest BCUT2D eigenvalue weighted by molar-refractivity contribution is -0.137. The fourth-order valence-electron chi connectivity index (χ4n) is 2.08. The number of benzene rings is 2. The van der Waals surface area contributed by atoms with Gasteiger partial charge in [0.05, 0.1) is 5.56 Å². The Morgan fingerprint density at radius 1 is 1.04 bits per heavy atom. The van der Waals surface area contributed by atoms with Gasteiger partial charge in [0.2, 0.25) is 5.91 Å². The lowest BCUT2D eigenvalue weighted by Gasteiger charge is -2.10. The van der Waals surface area contributed by atoms with Gasteiger partial charge in [-0.2, -0.15) is 13.2 Å². The van der Waals surface area contributed by atoms with Crippen molar-refractivity contribution in [3.05, 3.63) is 65.2 Å². The first-order chi connectivity index (χ1) is 11.3. The fraction of sp³-hybridized carbons (Fsp3) is 0.176. The Kier molecular flexibility index (Phi) is 5.23. The Morgan fingerprint density at radius 3 is 2.42 bits per heavy atom. The first-order valence-corrected chi connectivity index (χ1v) is 7.08. The monoisotopic (exact) mass is 336 g/mol. The summed E-state index contributed by atoms with van der Waals surface area (Å²) >= 11 is 0. The van der Waals surface area contributed by atoms with Gasteiger partial charge in [-0.05, 0) is 35.9 Å². The highest BCUT2D eigenvalue weighted by Gasteiger charge is 2.30. The van der Waals surface area contributed by atoms with Crippen LogP contribution in [0.3, 0.4) is 0 Å². The number of halogens is 3. The average molecular weight is 336 g/mol. The maximum absolute atomic E-state index is 12.7. The third-order valence-corrected chi connectivity index (χ3v) is 3.15. The van der Waals surface area contributed by atoms with Crippen molar-refractivity contribution in [2.45, 2.75) is 19.6 Å². The van der Waals surface area contributed by atoms with E-state index in [4.69, 9.17) is 0 Å². The predicted octanol–water partition coefficient (Wildman–Crippen LogP) is 3.59. The highest BCUT2D eigenvalue weighted by molar-refractivity contribution is 5.96. The summed E-state index contributed by atoms with van der Waals surface area (Å²) < 4.78 is 38.0. The molecular weight excluding hydrogens is 321 g/mol. The molecule has 0 saturated heterocycles. The van der Waals surface area contributed by atoms with Crippen LogP contribution in [0.25, 0.3) is 0 Å².